The number of para-hydroxylation sites is 1. The van der Waals surface area contributed by atoms with E-state index in [1.54, 1.807) is 32.4 Å². The number of methoxy groups -OCH3 is 2. The summed E-state index contributed by atoms with van der Waals surface area (Å²) in [5.74, 6) is 0.489. The van der Waals surface area contributed by atoms with Crippen LogP contribution in [0.15, 0.2) is 47.8 Å². The van der Waals surface area contributed by atoms with E-state index in [1.165, 1.54) is 23.5 Å². The van der Waals surface area contributed by atoms with Crippen LogP contribution in [0.2, 0.25) is 0 Å². The van der Waals surface area contributed by atoms with Gasteiger partial charge < -0.3 is 18.9 Å². The molecule has 0 saturated heterocycles. The molecule has 0 bridgehead atoms. The maximum absolute atomic E-state index is 13.4. The van der Waals surface area contributed by atoms with Gasteiger partial charge in [-0.1, -0.05) is 12.1 Å². The Morgan fingerprint density at radius 3 is 2.59 bits per heavy atom. The van der Waals surface area contributed by atoms with Gasteiger partial charge in [-0.3, -0.25) is 4.79 Å². The van der Waals surface area contributed by atoms with Gasteiger partial charge in [-0.25, -0.2) is 9.37 Å². The van der Waals surface area contributed by atoms with E-state index in [2.05, 4.69) is 4.98 Å². The Bertz CT molecular complexity index is 975. The fourth-order valence-corrected chi connectivity index (χ4v) is 3.37. The summed E-state index contributed by atoms with van der Waals surface area (Å²) in [5, 5.41) is 2.57. The highest BCUT2D eigenvalue weighted by atomic mass is 32.1. The van der Waals surface area contributed by atoms with Crippen LogP contribution in [-0.4, -0.2) is 38.4 Å². The SMILES string of the molecule is COc1ccc(-c2nc(CC(=O)OCCOc3ccccc3F)cs2)cc1OC. The first-order valence-electron chi connectivity index (χ1n) is 8.80. The predicted octanol–water partition coefficient (Wildman–Crippen LogP) is 4.13. The van der Waals surface area contributed by atoms with Gasteiger partial charge >= 0.3 is 5.97 Å². The van der Waals surface area contributed by atoms with Gasteiger partial charge in [0.2, 0.25) is 0 Å². The number of carbonyl (C=O) groups is 1. The number of benzene rings is 2. The molecule has 0 unspecified atom stereocenters. The van der Waals surface area contributed by atoms with Crippen molar-refractivity contribution in [2.45, 2.75) is 6.42 Å². The number of esters is 1. The summed E-state index contributed by atoms with van der Waals surface area (Å²) in [6, 6.07) is 11.6. The third-order valence-electron chi connectivity index (χ3n) is 3.95. The zero-order valence-corrected chi connectivity index (χ0v) is 16.8. The zero-order valence-electron chi connectivity index (χ0n) is 16.0. The Kier molecular flexibility index (Phi) is 7.02. The molecule has 1 heterocycles. The summed E-state index contributed by atoms with van der Waals surface area (Å²) < 4.78 is 34.4. The van der Waals surface area contributed by atoms with Crippen LogP contribution < -0.4 is 14.2 Å². The number of hydrogen-bond acceptors (Lipinski definition) is 7. The van der Waals surface area contributed by atoms with Crippen molar-refractivity contribution >= 4 is 17.3 Å². The van der Waals surface area contributed by atoms with Crippen LogP contribution in [0.3, 0.4) is 0 Å². The van der Waals surface area contributed by atoms with Crippen LogP contribution in [0.5, 0.6) is 17.2 Å². The Labute approximate surface area is 171 Å². The van der Waals surface area contributed by atoms with Crippen molar-refractivity contribution in [3.63, 3.8) is 0 Å². The van der Waals surface area contributed by atoms with E-state index in [0.29, 0.717) is 17.2 Å². The van der Waals surface area contributed by atoms with Crippen molar-refractivity contribution in [3.8, 4) is 27.8 Å². The van der Waals surface area contributed by atoms with Gasteiger partial charge in [0.05, 0.1) is 26.3 Å². The minimum Gasteiger partial charge on any atom is -0.493 e. The van der Waals surface area contributed by atoms with Crippen LogP contribution >= 0.6 is 11.3 Å². The molecule has 2 aromatic carbocycles. The summed E-state index contributed by atoms with van der Waals surface area (Å²) in [4.78, 5) is 16.5. The molecule has 0 amide bonds. The first-order valence-corrected chi connectivity index (χ1v) is 9.68. The van der Waals surface area contributed by atoms with Crippen molar-refractivity contribution in [2.24, 2.45) is 0 Å². The summed E-state index contributed by atoms with van der Waals surface area (Å²) in [5.41, 5.74) is 1.48. The summed E-state index contributed by atoms with van der Waals surface area (Å²) >= 11 is 1.42. The molecule has 0 atom stereocenters. The van der Waals surface area contributed by atoms with Crippen LogP contribution in [-0.2, 0) is 16.0 Å². The number of aromatic nitrogens is 1. The van der Waals surface area contributed by atoms with E-state index >= 15 is 0 Å². The van der Waals surface area contributed by atoms with Gasteiger partial charge in [0, 0.05) is 10.9 Å². The molecular weight excluding hydrogens is 397 g/mol. The molecule has 6 nitrogen and oxygen atoms in total. The highest BCUT2D eigenvalue weighted by Gasteiger charge is 2.12. The maximum atomic E-state index is 13.4. The Morgan fingerprint density at radius 2 is 1.83 bits per heavy atom. The Hall–Kier alpha value is -3.13. The molecule has 0 aliphatic heterocycles. The van der Waals surface area contributed by atoms with Gasteiger partial charge in [0.15, 0.2) is 23.1 Å². The van der Waals surface area contributed by atoms with Crippen molar-refractivity contribution in [1.82, 2.24) is 4.98 Å². The summed E-state index contributed by atoms with van der Waals surface area (Å²) in [6.45, 7) is 0.0977. The van der Waals surface area contributed by atoms with Crippen LogP contribution in [0, 0.1) is 5.82 Å². The molecule has 3 aromatic rings. The quantitative estimate of drug-likeness (QED) is 0.385. The topological polar surface area (TPSA) is 66.9 Å². The smallest absolute Gasteiger partial charge is 0.312 e. The maximum Gasteiger partial charge on any atom is 0.312 e. The predicted molar refractivity (Wildman–Crippen MR) is 107 cm³/mol. The fourth-order valence-electron chi connectivity index (χ4n) is 2.56. The van der Waals surface area contributed by atoms with E-state index in [0.717, 1.165) is 10.6 Å². The third-order valence-corrected chi connectivity index (χ3v) is 4.89. The van der Waals surface area contributed by atoms with Crippen molar-refractivity contribution in [2.75, 3.05) is 27.4 Å². The van der Waals surface area contributed by atoms with E-state index in [9.17, 15) is 9.18 Å². The molecule has 0 saturated carbocycles. The minimum absolute atomic E-state index is 0.0276. The molecule has 152 valence electrons. The van der Waals surface area contributed by atoms with E-state index < -0.39 is 11.8 Å². The molecule has 0 spiro atoms. The van der Waals surface area contributed by atoms with Gasteiger partial charge in [0.25, 0.3) is 0 Å². The summed E-state index contributed by atoms with van der Waals surface area (Å²) in [6.07, 6.45) is 0.0451. The molecule has 0 N–H and O–H groups in total. The third kappa shape index (κ3) is 5.45. The molecule has 3 rings (SSSR count). The molecule has 0 fully saturated rings. The van der Waals surface area contributed by atoms with Crippen molar-refractivity contribution in [3.05, 3.63) is 59.4 Å². The monoisotopic (exact) mass is 417 g/mol. The van der Waals surface area contributed by atoms with Crippen molar-refractivity contribution in [1.29, 1.82) is 0 Å². The van der Waals surface area contributed by atoms with Gasteiger partial charge in [-0.2, -0.15) is 0 Å². The number of ether oxygens (including phenoxy) is 4. The number of thiazole rings is 1. The first-order chi connectivity index (χ1) is 14.1. The second-order valence-corrected chi connectivity index (χ2v) is 6.75. The summed E-state index contributed by atoms with van der Waals surface area (Å²) in [7, 11) is 3.15. The van der Waals surface area contributed by atoms with Crippen LogP contribution in [0.4, 0.5) is 4.39 Å². The Balaban J connectivity index is 1.51. The minimum atomic E-state index is -0.455. The van der Waals surface area contributed by atoms with E-state index in [1.807, 2.05) is 17.5 Å². The molecule has 0 radical (unpaired) electrons. The standard InChI is InChI=1S/C21H20FNO5S/c1-25-18-8-7-14(11-19(18)26-2)21-23-15(13-29-21)12-20(24)28-10-9-27-17-6-4-3-5-16(17)22/h3-8,11,13H,9-10,12H2,1-2H3. The van der Waals surface area contributed by atoms with Gasteiger partial charge in [-0.05, 0) is 30.3 Å². The first kappa shape index (κ1) is 20.6. The lowest BCUT2D eigenvalue weighted by Gasteiger charge is -2.08. The van der Waals surface area contributed by atoms with Gasteiger partial charge in [-0.15, -0.1) is 11.3 Å². The zero-order chi connectivity index (χ0) is 20.6. The number of hydrogen-bond donors (Lipinski definition) is 0. The lowest BCUT2D eigenvalue weighted by molar-refractivity contribution is -0.143. The molecule has 1 aromatic heterocycles. The number of rotatable bonds is 9. The van der Waals surface area contributed by atoms with Crippen LogP contribution in [0.1, 0.15) is 5.69 Å². The number of halogens is 1. The lowest BCUT2D eigenvalue weighted by atomic mass is 10.2. The Morgan fingerprint density at radius 1 is 1.03 bits per heavy atom. The van der Waals surface area contributed by atoms with Crippen molar-refractivity contribution < 1.29 is 28.1 Å². The number of carbonyl (C=O) groups excluding carboxylic acids is 1. The average molecular weight is 417 g/mol. The molecule has 0 aliphatic rings. The molecule has 0 aliphatic carbocycles. The largest absolute Gasteiger partial charge is 0.493 e. The average Bonchev–Trinajstić information content (AvgIpc) is 3.20. The van der Waals surface area contributed by atoms with Gasteiger partial charge in [0.1, 0.15) is 18.2 Å². The van der Waals surface area contributed by atoms with E-state index in [-0.39, 0.29) is 25.4 Å². The fraction of sp³-hybridized carbons (Fsp3) is 0.238. The highest BCUT2D eigenvalue weighted by molar-refractivity contribution is 7.13. The number of nitrogens with zero attached hydrogens (tertiary/aromatic N) is 1. The lowest BCUT2D eigenvalue weighted by Crippen LogP contribution is -2.14. The van der Waals surface area contributed by atoms with Crippen LogP contribution in [0.25, 0.3) is 10.6 Å². The molecular formula is C21H20FNO5S. The van der Waals surface area contributed by atoms with E-state index in [4.69, 9.17) is 18.9 Å². The second kappa shape index (κ2) is 9.88. The molecule has 29 heavy (non-hydrogen) atoms. The molecule has 8 heteroatoms. The highest BCUT2D eigenvalue weighted by Crippen LogP contribution is 2.33. The second-order valence-electron chi connectivity index (χ2n) is 5.89. The normalized spacial score (nSPS) is 10.4.